The number of thiophene rings is 1. The molecule has 0 fully saturated rings. The molecule has 0 aliphatic heterocycles. The molecular weight excluding hydrogens is 318 g/mol. The van der Waals surface area contributed by atoms with E-state index in [1.807, 2.05) is 19.1 Å². The largest absolute Gasteiger partial charge is 0.474 e. The van der Waals surface area contributed by atoms with Gasteiger partial charge in [-0.1, -0.05) is 12.1 Å². The predicted molar refractivity (Wildman–Crippen MR) is 88.0 cm³/mol. The minimum Gasteiger partial charge on any atom is -0.474 e. The van der Waals surface area contributed by atoms with Crippen LogP contribution < -0.4 is 10.2 Å². The van der Waals surface area contributed by atoms with E-state index in [4.69, 9.17) is 4.74 Å². The van der Waals surface area contributed by atoms with Crippen LogP contribution in [-0.2, 0) is 4.79 Å². The van der Waals surface area contributed by atoms with E-state index in [0.29, 0.717) is 0 Å². The first-order valence-electron chi connectivity index (χ1n) is 6.77. The maximum Gasteiger partial charge on any atom is 0.310 e. The maximum absolute atomic E-state index is 11.9. The summed E-state index contributed by atoms with van der Waals surface area (Å²) in [6.07, 6.45) is 0.617. The Morgan fingerprint density at radius 1 is 1.39 bits per heavy atom. The number of hydrogen-bond donors (Lipinski definition) is 1. The quantitative estimate of drug-likeness (QED) is 0.499. The molecule has 0 bridgehead atoms. The number of nitrogens with zero attached hydrogens (tertiary/aromatic N) is 2. The fourth-order valence-corrected chi connectivity index (χ4v) is 2.47. The number of hydrogen-bond acceptors (Lipinski definition) is 6. The van der Waals surface area contributed by atoms with Crippen LogP contribution in [0.3, 0.4) is 0 Å². The first-order chi connectivity index (χ1) is 11.0. The van der Waals surface area contributed by atoms with Gasteiger partial charge in [0, 0.05) is 15.8 Å². The summed E-state index contributed by atoms with van der Waals surface area (Å²) in [4.78, 5) is 24.3. The zero-order valence-corrected chi connectivity index (χ0v) is 13.4. The number of rotatable bonds is 6. The van der Waals surface area contributed by atoms with E-state index in [0.717, 1.165) is 9.75 Å². The van der Waals surface area contributed by atoms with E-state index in [-0.39, 0.29) is 11.4 Å². The van der Waals surface area contributed by atoms with Crippen LogP contribution in [0.25, 0.3) is 0 Å². The molecule has 120 valence electrons. The number of nitrogens with one attached hydrogen (secondary N) is 1. The SMILES string of the molecule is Cc1ccc(/C=N/NC(=O)C(C)Oc2ccccc2[N+](=O)[O-])s1. The summed E-state index contributed by atoms with van der Waals surface area (Å²) in [5.74, 6) is -0.453. The molecule has 1 aromatic heterocycles. The molecule has 8 heteroatoms. The molecule has 0 saturated carbocycles. The van der Waals surface area contributed by atoms with Gasteiger partial charge in [0.1, 0.15) is 0 Å². The Morgan fingerprint density at radius 3 is 2.78 bits per heavy atom. The third-order valence-electron chi connectivity index (χ3n) is 2.86. The lowest BCUT2D eigenvalue weighted by Gasteiger charge is -2.12. The molecule has 1 aromatic carbocycles. The highest BCUT2D eigenvalue weighted by Gasteiger charge is 2.20. The average Bonchev–Trinajstić information content (AvgIpc) is 2.93. The van der Waals surface area contributed by atoms with E-state index in [2.05, 4.69) is 10.5 Å². The van der Waals surface area contributed by atoms with Crippen LogP contribution in [0, 0.1) is 17.0 Å². The van der Waals surface area contributed by atoms with Crippen LogP contribution >= 0.6 is 11.3 Å². The first kappa shape index (κ1) is 16.6. The van der Waals surface area contributed by atoms with E-state index in [9.17, 15) is 14.9 Å². The highest BCUT2D eigenvalue weighted by Crippen LogP contribution is 2.26. The van der Waals surface area contributed by atoms with Crippen LogP contribution in [0.1, 0.15) is 16.7 Å². The highest BCUT2D eigenvalue weighted by molar-refractivity contribution is 7.13. The lowest BCUT2D eigenvalue weighted by molar-refractivity contribution is -0.386. The Kier molecular flexibility index (Phi) is 5.42. The fraction of sp³-hybridized carbons (Fsp3) is 0.200. The third kappa shape index (κ3) is 4.62. The Hall–Kier alpha value is -2.74. The molecule has 1 heterocycles. The van der Waals surface area contributed by atoms with Crippen molar-refractivity contribution in [2.75, 3.05) is 0 Å². The van der Waals surface area contributed by atoms with Crippen molar-refractivity contribution < 1.29 is 14.5 Å². The molecule has 1 N–H and O–H groups in total. The summed E-state index contributed by atoms with van der Waals surface area (Å²) in [5, 5.41) is 14.8. The topological polar surface area (TPSA) is 93.8 Å². The van der Waals surface area contributed by atoms with Crippen molar-refractivity contribution in [2.24, 2.45) is 5.10 Å². The minimum absolute atomic E-state index is 0.0398. The average molecular weight is 333 g/mol. The van der Waals surface area contributed by atoms with Crippen LogP contribution in [0.4, 0.5) is 5.69 Å². The van der Waals surface area contributed by atoms with E-state index >= 15 is 0 Å². The number of aryl methyl sites for hydroxylation is 1. The van der Waals surface area contributed by atoms with Crippen molar-refractivity contribution >= 4 is 29.1 Å². The van der Waals surface area contributed by atoms with E-state index in [1.165, 1.54) is 31.3 Å². The van der Waals surface area contributed by atoms with Crippen molar-refractivity contribution in [1.29, 1.82) is 0 Å². The number of carbonyl (C=O) groups is 1. The summed E-state index contributed by atoms with van der Waals surface area (Å²) in [5.41, 5.74) is 2.16. The molecule has 2 rings (SSSR count). The van der Waals surface area contributed by atoms with Crippen molar-refractivity contribution in [3.8, 4) is 5.75 Å². The second kappa shape index (κ2) is 7.50. The molecule has 0 radical (unpaired) electrons. The van der Waals surface area contributed by atoms with Gasteiger partial charge in [-0.3, -0.25) is 14.9 Å². The third-order valence-corrected chi connectivity index (χ3v) is 3.80. The Balaban J connectivity index is 1.95. The Labute approximate surface area is 136 Å². The Bertz CT molecular complexity index is 742. The molecular formula is C15H15N3O4S. The first-order valence-corrected chi connectivity index (χ1v) is 7.58. The summed E-state index contributed by atoms with van der Waals surface area (Å²) >= 11 is 1.55. The van der Waals surface area contributed by atoms with Gasteiger partial charge in [-0.2, -0.15) is 5.10 Å². The summed E-state index contributed by atoms with van der Waals surface area (Å²) in [7, 11) is 0. The molecule has 1 atom stereocenters. The number of nitro benzene ring substituents is 1. The lowest BCUT2D eigenvalue weighted by Crippen LogP contribution is -2.33. The Morgan fingerprint density at radius 2 is 2.13 bits per heavy atom. The van der Waals surface area contributed by atoms with Gasteiger partial charge in [0.05, 0.1) is 11.1 Å². The number of nitro groups is 1. The number of benzene rings is 1. The zero-order chi connectivity index (χ0) is 16.8. The van der Waals surface area contributed by atoms with E-state index < -0.39 is 16.9 Å². The highest BCUT2D eigenvalue weighted by atomic mass is 32.1. The maximum atomic E-state index is 11.9. The van der Waals surface area contributed by atoms with Gasteiger partial charge in [-0.25, -0.2) is 5.43 Å². The number of hydrazone groups is 1. The van der Waals surface area contributed by atoms with Crippen molar-refractivity contribution in [1.82, 2.24) is 5.43 Å². The van der Waals surface area contributed by atoms with Crippen LogP contribution in [0.5, 0.6) is 5.75 Å². The fourth-order valence-electron chi connectivity index (χ4n) is 1.72. The smallest absolute Gasteiger partial charge is 0.310 e. The van der Waals surface area contributed by atoms with Crippen molar-refractivity contribution in [2.45, 2.75) is 20.0 Å². The van der Waals surface area contributed by atoms with Gasteiger partial charge in [-0.05, 0) is 32.0 Å². The molecule has 0 saturated heterocycles. The second-order valence-corrected chi connectivity index (χ2v) is 5.99. The molecule has 2 aromatic rings. The molecule has 7 nitrogen and oxygen atoms in total. The predicted octanol–water partition coefficient (Wildman–Crippen LogP) is 2.88. The van der Waals surface area contributed by atoms with Gasteiger partial charge in [0.2, 0.25) is 0 Å². The van der Waals surface area contributed by atoms with Crippen molar-refractivity contribution in [3.63, 3.8) is 0 Å². The molecule has 23 heavy (non-hydrogen) atoms. The second-order valence-electron chi connectivity index (χ2n) is 4.67. The summed E-state index contributed by atoms with van der Waals surface area (Å²) in [6.45, 7) is 3.47. The summed E-state index contributed by atoms with van der Waals surface area (Å²) in [6, 6.07) is 9.74. The summed E-state index contributed by atoms with van der Waals surface area (Å²) < 4.78 is 5.35. The molecule has 0 aliphatic carbocycles. The number of para-hydroxylation sites is 2. The van der Waals surface area contributed by atoms with Gasteiger partial charge in [0.15, 0.2) is 11.9 Å². The number of carbonyl (C=O) groups excluding carboxylic acids is 1. The van der Waals surface area contributed by atoms with Gasteiger partial charge >= 0.3 is 5.69 Å². The normalized spacial score (nSPS) is 12.1. The van der Waals surface area contributed by atoms with Crippen molar-refractivity contribution in [3.05, 3.63) is 56.3 Å². The van der Waals surface area contributed by atoms with E-state index in [1.54, 1.807) is 17.4 Å². The van der Waals surface area contributed by atoms with Crippen LogP contribution in [-0.4, -0.2) is 23.1 Å². The monoisotopic (exact) mass is 333 g/mol. The number of amides is 1. The number of ether oxygens (including phenoxy) is 1. The van der Waals surface area contributed by atoms with Gasteiger partial charge in [0.25, 0.3) is 5.91 Å². The molecule has 1 unspecified atom stereocenters. The van der Waals surface area contributed by atoms with Gasteiger partial charge in [-0.15, -0.1) is 11.3 Å². The lowest BCUT2D eigenvalue weighted by atomic mass is 10.3. The molecule has 1 amide bonds. The van der Waals surface area contributed by atoms with Gasteiger partial charge < -0.3 is 4.74 Å². The van der Waals surface area contributed by atoms with Crippen LogP contribution in [0.2, 0.25) is 0 Å². The van der Waals surface area contributed by atoms with Crippen LogP contribution in [0.15, 0.2) is 41.5 Å². The molecule has 0 spiro atoms. The minimum atomic E-state index is -0.918. The zero-order valence-electron chi connectivity index (χ0n) is 12.6. The standard InChI is InChI=1S/C15H15N3O4S/c1-10-7-8-12(23-10)9-16-17-15(19)11(2)22-14-6-4-3-5-13(14)18(20)21/h3-9,11H,1-2H3,(H,17,19)/b16-9+. The molecule has 0 aliphatic rings.